The van der Waals surface area contributed by atoms with Crippen LogP contribution >= 0.6 is 31.3 Å². The van der Waals surface area contributed by atoms with Crippen LogP contribution in [0.2, 0.25) is 0 Å². The molecule has 2 rings (SSSR count). The van der Waals surface area contributed by atoms with Gasteiger partial charge in [0, 0.05) is 13.3 Å². The highest BCUT2D eigenvalue weighted by atomic mass is 31.3. The average Bonchev–Trinajstić information content (AvgIpc) is 3.06. The fourth-order valence-corrected chi connectivity index (χ4v) is 7.22. The van der Waals surface area contributed by atoms with Crippen molar-refractivity contribution in [1.82, 2.24) is 0 Å². The minimum atomic E-state index is -5.55. The summed E-state index contributed by atoms with van der Waals surface area (Å²) in [4.78, 5) is 51.7. The van der Waals surface area contributed by atoms with Crippen LogP contribution in [0.25, 0.3) is 0 Å². The van der Waals surface area contributed by atoms with Gasteiger partial charge in [-0.15, -0.1) is 0 Å². The molecule has 0 aromatic carbocycles. The molecule has 0 spiro atoms. The highest BCUT2D eigenvalue weighted by Crippen LogP contribution is 2.66. The Morgan fingerprint density at radius 3 is 1.30 bits per heavy atom. The van der Waals surface area contributed by atoms with Gasteiger partial charge in [-0.3, -0.25) is 9.05 Å². The molecule has 22 heteroatoms. The predicted octanol–water partition coefficient (Wildman–Crippen LogP) is 0.0631. The highest BCUT2D eigenvalue weighted by molar-refractivity contribution is 7.66. The standard InChI is InChI=1S/C7H17O12P3.C7H15O6P.CH4.H2/c1-4-2-5(7(9)6(4)8)3-17-21(13,14)19-22(15,16)18-20(10,11)12;1-4-2-5(7(9)6(4)8)3-13-14(10,11)12;;/h4-9H,2-3H2,1H3,(H,13,14)(H,15,16)(H2,10,11,12);4-9H,2-3H2,1H3,(H2,10,11,12);1H4;1H/t2*4-,5-,6?,7?;;/m11../s1/i;;;1+1. The lowest BCUT2D eigenvalue weighted by molar-refractivity contribution is -0.00378. The third-order valence-corrected chi connectivity index (χ3v) is 9.79. The Labute approximate surface area is 214 Å². The van der Waals surface area contributed by atoms with Crippen molar-refractivity contribution in [2.75, 3.05) is 13.2 Å². The van der Waals surface area contributed by atoms with E-state index in [1.54, 1.807) is 13.8 Å². The van der Waals surface area contributed by atoms with E-state index < -0.39 is 74.1 Å². The first kappa shape index (κ1) is 37.4. The smallest absolute Gasteiger partial charge is 0.390 e. The topological polar surface area (TPSA) is 308 Å². The maximum absolute atomic E-state index is 11.4. The zero-order chi connectivity index (χ0) is 28.3. The van der Waals surface area contributed by atoms with Crippen LogP contribution in [0.4, 0.5) is 0 Å². The molecule has 0 radical (unpaired) electrons. The Hall–Kier alpha value is 0.360. The van der Waals surface area contributed by atoms with E-state index >= 15 is 0 Å². The Morgan fingerprint density at radius 2 is 1.00 bits per heavy atom. The van der Waals surface area contributed by atoms with Crippen molar-refractivity contribution in [2.45, 2.75) is 58.5 Å². The van der Waals surface area contributed by atoms with Gasteiger partial charge < -0.3 is 49.8 Å². The minimum absolute atomic E-state index is 0. The van der Waals surface area contributed by atoms with E-state index in [0.29, 0.717) is 6.42 Å². The van der Waals surface area contributed by atoms with Gasteiger partial charge in [0.1, 0.15) is 0 Å². The van der Waals surface area contributed by atoms with Crippen LogP contribution in [0.3, 0.4) is 0 Å². The molecule has 2 fully saturated rings. The summed E-state index contributed by atoms with van der Waals surface area (Å²) in [6, 6.07) is 0. The number of aliphatic hydroxyl groups is 4. The molecule has 37 heavy (non-hydrogen) atoms. The van der Waals surface area contributed by atoms with Crippen LogP contribution in [0.1, 0.15) is 35.5 Å². The summed E-state index contributed by atoms with van der Waals surface area (Å²) in [6.07, 6.45) is -3.30. The van der Waals surface area contributed by atoms with Gasteiger partial charge in [0.2, 0.25) is 0 Å². The molecule has 18 nitrogen and oxygen atoms in total. The monoisotopic (exact) mass is 631 g/mol. The molecule has 6 unspecified atom stereocenters. The van der Waals surface area contributed by atoms with Crippen LogP contribution in [0.5, 0.6) is 0 Å². The van der Waals surface area contributed by atoms with E-state index in [0.717, 1.165) is 0 Å². The summed E-state index contributed by atoms with van der Waals surface area (Å²) in [6.45, 7) is 2.59. The van der Waals surface area contributed by atoms with Crippen LogP contribution in [-0.2, 0) is 35.9 Å². The lowest BCUT2D eigenvalue weighted by atomic mass is 10.1. The van der Waals surface area contributed by atoms with Crippen molar-refractivity contribution in [2.24, 2.45) is 23.7 Å². The van der Waals surface area contributed by atoms with Crippen LogP contribution in [0.15, 0.2) is 0 Å². The Bertz CT molecular complexity index is 910. The first-order valence-corrected chi connectivity index (χ1v) is 16.3. The maximum Gasteiger partial charge on any atom is 0.490 e. The zero-order valence-corrected chi connectivity index (χ0v) is 22.6. The number of aliphatic hydroxyl groups excluding tert-OH is 4. The molecule has 0 heterocycles. The van der Waals surface area contributed by atoms with Gasteiger partial charge >= 0.3 is 31.3 Å². The van der Waals surface area contributed by atoms with E-state index in [1.807, 2.05) is 0 Å². The second-order valence-corrected chi connectivity index (χ2v) is 14.2. The lowest BCUT2D eigenvalue weighted by Gasteiger charge is -2.19. The van der Waals surface area contributed by atoms with Crippen molar-refractivity contribution in [3.05, 3.63) is 0 Å². The van der Waals surface area contributed by atoms with Gasteiger partial charge in [-0.1, -0.05) is 21.3 Å². The SMILES string of the molecule is C.C[C@@H]1C[C@H](COP(=O)(O)O)C(O)C1O.C[C@@H]1C[C@H](COP(=O)(O)OP(=O)(O)OP(=O)(O)O)C(O)C1O.[2HH]. The minimum Gasteiger partial charge on any atom is -0.390 e. The fourth-order valence-electron chi connectivity index (χ4n) is 3.76. The molecule has 226 valence electrons. The molecule has 0 aromatic heterocycles. The number of hydrogen-bond acceptors (Lipinski definition) is 12. The van der Waals surface area contributed by atoms with Gasteiger partial charge in [0.25, 0.3) is 0 Å². The molecule has 10 N–H and O–H groups in total. The molecule has 2 aliphatic rings. The Morgan fingerprint density at radius 1 is 0.622 bits per heavy atom. The first-order chi connectivity index (χ1) is 16.0. The quantitative estimate of drug-likeness (QED) is 0.143. The van der Waals surface area contributed by atoms with Crippen molar-refractivity contribution in [1.29, 1.82) is 0 Å². The summed E-state index contributed by atoms with van der Waals surface area (Å²) in [5, 5.41) is 38.0. The molecule has 0 saturated heterocycles. The van der Waals surface area contributed by atoms with Gasteiger partial charge in [0.05, 0.1) is 37.6 Å². The number of phosphoric acid groups is 4. The summed E-state index contributed by atoms with van der Waals surface area (Å²) >= 11 is 0. The third-order valence-electron chi connectivity index (χ3n) is 5.51. The van der Waals surface area contributed by atoms with Crippen LogP contribution < -0.4 is 0 Å². The van der Waals surface area contributed by atoms with E-state index in [1.165, 1.54) is 0 Å². The molecule has 0 aromatic rings. The first-order valence-electron chi connectivity index (χ1n) is 10.2. The number of rotatable bonds is 10. The van der Waals surface area contributed by atoms with Gasteiger partial charge in [-0.25, -0.2) is 18.3 Å². The molecule has 2 saturated carbocycles. The molecule has 2 aliphatic carbocycles. The van der Waals surface area contributed by atoms with Crippen molar-refractivity contribution in [3.8, 4) is 0 Å². The third kappa shape index (κ3) is 13.5. The maximum atomic E-state index is 11.4. The summed E-state index contributed by atoms with van der Waals surface area (Å²) in [5.41, 5.74) is 0. The van der Waals surface area contributed by atoms with Crippen molar-refractivity contribution >= 4 is 31.3 Å². The predicted molar refractivity (Wildman–Crippen MR) is 125 cm³/mol. The molecule has 0 bridgehead atoms. The largest absolute Gasteiger partial charge is 0.490 e. The van der Waals surface area contributed by atoms with Gasteiger partial charge in [-0.2, -0.15) is 8.62 Å². The van der Waals surface area contributed by atoms with Gasteiger partial charge in [0.15, 0.2) is 0 Å². The van der Waals surface area contributed by atoms with Gasteiger partial charge in [-0.05, 0) is 24.7 Å². The molecular formula is C15H38O18P4. The second kappa shape index (κ2) is 14.3. The summed E-state index contributed by atoms with van der Waals surface area (Å²) in [7, 11) is -20.7. The zero-order valence-electron chi connectivity index (χ0n) is 19.0. The van der Waals surface area contributed by atoms with Crippen molar-refractivity contribution in [3.63, 3.8) is 0 Å². The normalized spacial score (nSPS) is 35.6. The Kier molecular flexibility index (Phi) is 14.5. The average molecular weight is 631 g/mol. The van der Waals surface area contributed by atoms with E-state index in [4.69, 9.17) is 24.5 Å². The number of phosphoric ester groups is 2. The summed E-state index contributed by atoms with van der Waals surface area (Å²) in [5.74, 6) is -1.50. The van der Waals surface area contributed by atoms with E-state index in [-0.39, 0.29) is 33.7 Å². The van der Waals surface area contributed by atoms with E-state index in [2.05, 4.69) is 17.7 Å². The molecule has 0 aliphatic heterocycles. The molecule has 10 atom stereocenters. The van der Waals surface area contributed by atoms with E-state index in [9.17, 15) is 43.6 Å². The summed E-state index contributed by atoms with van der Waals surface area (Å²) < 4.78 is 59.1. The fraction of sp³-hybridized carbons (Fsp3) is 1.00. The molecular weight excluding hydrogens is 592 g/mol. The van der Waals surface area contributed by atoms with Crippen molar-refractivity contribution < 1.29 is 87.1 Å². The lowest BCUT2D eigenvalue weighted by Crippen LogP contribution is -2.29. The highest BCUT2D eigenvalue weighted by Gasteiger charge is 2.44. The van der Waals surface area contributed by atoms with Crippen LogP contribution in [0, 0.1) is 23.7 Å². The van der Waals surface area contributed by atoms with Crippen LogP contribution in [-0.4, -0.2) is 87.4 Å². The Balaban J connectivity index is 0. The molecule has 0 amide bonds. The second-order valence-electron chi connectivity index (χ2n) is 8.58. The number of hydrogen-bond donors (Lipinski definition) is 10.